The van der Waals surface area contributed by atoms with Crippen LogP contribution in [0.4, 0.5) is 0 Å². The molecule has 0 radical (unpaired) electrons. The van der Waals surface area contributed by atoms with Crippen LogP contribution >= 0.6 is 0 Å². The summed E-state index contributed by atoms with van der Waals surface area (Å²) in [5, 5.41) is 0. The van der Waals surface area contributed by atoms with E-state index in [1.165, 1.54) is 18.7 Å². The molecule has 0 bridgehead atoms. The summed E-state index contributed by atoms with van der Waals surface area (Å²) in [4.78, 5) is 2.61. The van der Waals surface area contributed by atoms with E-state index in [0.717, 1.165) is 18.4 Å². The fraction of sp³-hybridized carbons (Fsp3) is 0.571. The summed E-state index contributed by atoms with van der Waals surface area (Å²) in [7, 11) is 0. The Morgan fingerprint density at radius 1 is 1.13 bits per heavy atom. The zero-order chi connectivity index (χ0) is 10.5. The number of nitrogens with zero attached hydrogens (tertiary/aromatic N) is 1. The zero-order valence-electron chi connectivity index (χ0n) is 9.61. The van der Waals surface area contributed by atoms with Crippen molar-refractivity contribution in [2.45, 2.75) is 20.4 Å². The Labute approximate surface area is 92.1 Å². The topological polar surface area (TPSA) is 3.24 Å². The molecule has 0 aromatic heterocycles. The summed E-state index contributed by atoms with van der Waals surface area (Å²) < 4.78 is 0. The zero-order valence-corrected chi connectivity index (χ0v) is 9.61. The van der Waals surface area contributed by atoms with Gasteiger partial charge >= 0.3 is 0 Å². The maximum absolute atomic E-state index is 2.61. The van der Waals surface area contributed by atoms with Gasteiger partial charge in [0.05, 0.1) is 0 Å². The molecule has 2 fully saturated rings. The Hall–Kier alpha value is -0.820. The lowest BCUT2D eigenvalue weighted by atomic mass is 10.1. The van der Waals surface area contributed by atoms with Gasteiger partial charge in [0, 0.05) is 19.6 Å². The average molecular weight is 201 g/mol. The van der Waals surface area contributed by atoms with Crippen LogP contribution in [-0.4, -0.2) is 18.0 Å². The van der Waals surface area contributed by atoms with E-state index in [1.807, 2.05) is 0 Å². The molecule has 1 saturated carbocycles. The number of fused-ring (bicyclic) bond motifs is 1. The summed E-state index contributed by atoms with van der Waals surface area (Å²) in [6, 6.07) is 10.8. The van der Waals surface area contributed by atoms with E-state index in [-0.39, 0.29) is 0 Å². The highest BCUT2D eigenvalue weighted by atomic mass is 15.2. The molecule has 2 atom stereocenters. The molecule has 2 aliphatic rings. The third kappa shape index (κ3) is 1.50. The van der Waals surface area contributed by atoms with Crippen molar-refractivity contribution in [2.75, 3.05) is 13.1 Å². The van der Waals surface area contributed by atoms with Gasteiger partial charge in [-0.15, -0.1) is 0 Å². The SMILES string of the molecule is CC1(C)[C@@H]2CN(Cc3ccccc3)C[C@@H]21. The predicted molar refractivity (Wildman–Crippen MR) is 62.5 cm³/mol. The van der Waals surface area contributed by atoms with Gasteiger partial charge in [-0.05, 0) is 22.8 Å². The normalized spacial score (nSPS) is 32.7. The molecular weight excluding hydrogens is 182 g/mol. The first-order valence-electron chi connectivity index (χ1n) is 5.94. The van der Waals surface area contributed by atoms with Gasteiger partial charge in [-0.3, -0.25) is 4.90 Å². The quantitative estimate of drug-likeness (QED) is 0.711. The van der Waals surface area contributed by atoms with E-state index in [2.05, 4.69) is 49.1 Å². The molecule has 1 aromatic carbocycles. The molecule has 1 heteroatoms. The van der Waals surface area contributed by atoms with Crippen molar-refractivity contribution in [2.24, 2.45) is 17.3 Å². The van der Waals surface area contributed by atoms with Gasteiger partial charge in [-0.2, -0.15) is 0 Å². The van der Waals surface area contributed by atoms with Gasteiger partial charge < -0.3 is 0 Å². The van der Waals surface area contributed by atoms with Crippen molar-refractivity contribution < 1.29 is 0 Å². The molecule has 1 aliphatic heterocycles. The fourth-order valence-corrected chi connectivity index (χ4v) is 3.18. The van der Waals surface area contributed by atoms with E-state index >= 15 is 0 Å². The van der Waals surface area contributed by atoms with E-state index in [4.69, 9.17) is 0 Å². The molecule has 0 unspecified atom stereocenters. The third-order valence-corrected chi connectivity index (χ3v) is 4.45. The van der Waals surface area contributed by atoms with Crippen molar-refractivity contribution in [3.8, 4) is 0 Å². The first-order valence-corrected chi connectivity index (χ1v) is 5.94. The second-order valence-electron chi connectivity index (χ2n) is 5.71. The molecule has 0 spiro atoms. The summed E-state index contributed by atoms with van der Waals surface area (Å²) in [6.07, 6.45) is 0. The van der Waals surface area contributed by atoms with E-state index in [0.29, 0.717) is 5.41 Å². The summed E-state index contributed by atoms with van der Waals surface area (Å²) in [6.45, 7) is 8.60. The molecule has 80 valence electrons. The van der Waals surface area contributed by atoms with Crippen molar-refractivity contribution in [3.05, 3.63) is 35.9 Å². The Balaban J connectivity index is 1.61. The first-order chi connectivity index (χ1) is 7.18. The van der Waals surface area contributed by atoms with Gasteiger partial charge in [-0.1, -0.05) is 44.2 Å². The fourth-order valence-electron chi connectivity index (χ4n) is 3.18. The van der Waals surface area contributed by atoms with Crippen molar-refractivity contribution >= 4 is 0 Å². The van der Waals surface area contributed by atoms with Gasteiger partial charge in [0.25, 0.3) is 0 Å². The number of benzene rings is 1. The van der Waals surface area contributed by atoms with Crippen molar-refractivity contribution in [1.82, 2.24) is 4.90 Å². The smallest absolute Gasteiger partial charge is 0.0233 e. The van der Waals surface area contributed by atoms with Crippen LogP contribution in [-0.2, 0) is 6.54 Å². The van der Waals surface area contributed by atoms with Crippen LogP contribution in [0.1, 0.15) is 19.4 Å². The monoisotopic (exact) mass is 201 g/mol. The lowest BCUT2D eigenvalue weighted by Gasteiger charge is -2.21. The minimum Gasteiger partial charge on any atom is -0.298 e. The van der Waals surface area contributed by atoms with Crippen LogP contribution in [0, 0.1) is 17.3 Å². The Bertz CT molecular complexity index is 341. The van der Waals surface area contributed by atoms with Crippen molar-refractivity contribution in [3.63, 3.8) is 0 Å². The number of rotatable bonds is 2. The van der Waals surface area contributed by atoms with Gasteiger partial charge in [0.2, 0.25) is 0 Å². The van der Waals surface area contributed by atoms with Gasteiger partial charge in [0.15, 0.2) is 0 Å². The highest BCUT2D eigenvalue weighted by molar-refractivity contribution is 5.17. The molecule has 0 amide bonds. The van der Waals surface area contributed by atoms with E-state index in [9.17, 15) is 0 Å². The van der Waals surface area contributed by atoms with Crippen LogP contribution in [0.3, 0.4) is 0 Å². The van der Waals surface area contributed by atoms with E-state index < -0.39 is 0 Å². The lowest BCUT2D eigenvalue weighted by Crippen LogP contribution is -2.25. The summed E-state index contributed by atoms with van der Waals surface area (Å²) in [5.74, 6) is 1.95. The first kappa shape index (κ1) is 9.41. The van der Waals surface area contributed by atoms with Crippen LogP contribution in [0.25, 0.3) is 0 Å². The van der Waals surface area contributed by atoms with Gasteiger partial charge in [-0.25, -0.2) is 0 Å². The largest absolute Gasteiger partial charge is 0.298 e. The second kappa shape index (κ2) is 3.08. The number of likely N-dealkylation sites (tertiary alicyclic amines) is 1. The molecule has 1 nitrogen and oxygen atoms in total. The molecular formula is C14H19N. The molecule has 1 aromatic rings. The maximum atomic E-state index is 2.61. The number of hydrogen-bond donors (Lipinski definition) is 0. The predicted octanol–water partition coefficient (Wildman–Crippen LogP) is 2.77. The van der Waals surface area contributed by atoms with Crippen LogP contribution in [0.15, 0.2) is 30.3 Å². The molecule has 1 saturated heterocycles. The Kier molecular flexibility index (Phi) is 1.93. The number of hydrogen-bond acceptors (Lipinski definition) is 1. The highest BCUT2D eigenvalue weighted by Crippen LogP contribution is 2.62. The maximum Gasteiger partial charge on any atom is 0.0233 e. The molecule has 15 heavy (non-hydrogen) atoms. The minimum absolute atomic E-state index is 0.646. The van der Waals surface area contributed by atoms with Crippen molar-refractivity contribution in [1.29, 1.82) is 0 Å². The van der Waals surface area contributed by atoms with E-state index in [1.54, 1.807) is 0 Å². The summed E-state index contributed by atoms with van der Waals surface area (Å²) in [5.41, 5.74) is 2.10. The molecule has 1 heterocycles. The van der Waals surface area contributed by atoms with Crippen LogP contribution in [0.2, 0.25) is 0 Å². The average Bonchev–Trinajstić information content (AvgIpc) is 2.64. The van der Waals surface area contributed by atoms with Crippen LogP contribution in [0.5, 0.6) is 0 Å². The second-order valence-corrected chi connectivity index (χ2v) is 5.71. The Morgan fingerprint density at radius 3 is 2.33 bits per heavy atom. The third-order valence-electron chi connectivity index (χ3n) is 4.45. The van der Waals surface area contributed by atoms with Crippen LogP contribution < -0.4 is 0 Å². The minimum atomic E-state index is 0.646. The highest BCUT2D eigenvalue weighted by Gasteiger charge is 2.61. The Morgan fingerprint density at radius 2 is 1.73 bits per heavy atom. The lowest BCUT2D eigenvalue weighted by molar-refractivity contribution is 0.251. The molecule has 1 aliphatic carbocycles. The standard InChI is InChI=1S/C14H19N/c1-14(2)12-9-15(10-13(12)14)8-11-6-4-3-5-7-11/h3-7,12-13H,8-10H2,1-2H3/t12-,13+. The summed E-state index contributed by atoms with van der Waals surface area (Å²) >= 11 is 0. The molecule has 3 rings (SSSR count). The van der Waals surface area contributed by atoms with Gasteiger partial charge in [0.1, 0.15) is 0 Å². The molecule has 0 N–H and O–H groups in total. The number of piperidine rings is 1.